The van der Waals surface area contributed by atoms with Crippen LogP contribution in [0.3, 0.4) is 0 Å². The summed E-state index contributed by atoms with van der Waals surface area (Å²) in [5, 5.41) is 0.0354. The smallest absolute Gasteiger partial charge is 0.410 e. The molecule has 0 saturated carbocycles. The van der Waals surface area contributed by atoms with E-state index in [9.17, 15) is 9.59 Å². The van der Waals surface area contributed by atoms with Gasteiger partial charge >= 0.3 is 6.09 Å². The van der Waals surface area contributed by atoms with Crippen molar-refractivity contribution in [3.05, 3.63) is 65.7 Å². The zero-order valence-corrected chi connectivity index (χ0v) is 19.2. The Morgan fingerprint density at radius 2 is 1.48 bits per heavy atom. The van der Waals surface area contributed by atoms with E-state index in [1.807, 2.05) is 75.4 Å². The van der Waals surface area contributed by atoms with Gasteiger partial charge in [-0.25, -0.2) is 4.79 Å². The molecular formula is C24H30N2O4S. The topological polar surface area (TPSA) is 59.1 Å². The highest BCUT2D eigenvalue weighted by atomic mass is 32.2. The van der Waals surface area contributed by atoms with Crippen molar-refractivity contribution in [2.24, 2.45) is 0 Å². The van der Waals surface area contributed by atoms with Gasteiger partial charge in [0.2, 0.25) is 0 Å². The number of hydrogen-bond donors (Lipinski definition) is 0. The molecule has 7 heteroatoms. The molecule has 0 spiro atoms. The fourth-order valence-corrected chi connectivity index (χ4v) is 3.90. The summed E-state index contributed by atoms with van der Waals surface area (Å²) >= 11 is 1.28. The largest absolute Gasteiger partial charge is 0.489 e. The molecule has 1 aliphatic heterocycles. The Balaban J connectivity index is 1.39. The first-order valence-corrected chi connectivity index (χ1v) is 11.4. The molecule has 1 fully saturated rings. The number of ether oxygens (including phenoxy) is 2. The van der Waals surface area contributed by atoms with Gasteiger partial charge in [-0.3, -0.25) is 4.79 Å². The number of rotatable bonds is 5. The van der Waals surface area contributed by atoms with Crippen molar-refractivity contribution in [1.82, 2.24) is 9.80 Å². The lowest BCUT2D eigenvalue weighted by atomic mass is 10.2. The van der Waals surface area contributed by atoms with Crippen molar-refractivity contribution in [2.75, 3.05) is 26.2 Å². The number of hydrogen-bond acceptors (Lipinski definition) is 5. The lowest BCUT2D eigenvalue weighted by molar-refractivity contribution is 0.0177. The Morgan fingerprint density at radius 3 is 2.10 bits per heavy atom. The molecule has 1 aliphatic rings. The van der Waals surface area contributed by atoms with E-state index in [0.717, 1.165) is 16.9 Å². The molecule has 1 saturated heterocycles. The van der Waals surface area contributed by atoms with E-state index >= 15 is 0 Å². The Morgan fingerprint density at radius 1 is 0.871 bits per heavy atom. The average molecular weight is 443 g/mol. The van der Waals surface area contributed by atoms with Crippen LogP contribution in [-0.4, -0.2) is 52.9 Å². The molecule has 0 atom stereocenters. The molecule has 0 aliphatic carbocycles. The summed E-state index contributed by atoms with van der Waals surface area (Å²) in [5.41, 5.74) is 1.68. The van der Waals surface area contributed by atoms with E-state index in [0.29, 0.717) is 38.5 Å². The Bertz CT molecular complexity index is 857. The molecule has 2 amide bonds. The molecule has 3 rings (SSSR count). The average Bonchev–Trinajstić information content (AvgIpc) is 2.76. The lowest BCUT2D eigenvalue weighted by Crippen LogP contribution is -2.50. The molecule has 6 nitrogen and oxygen atoms in total. The SMILES string of the molecule is CC(C)(C)OC(=O)N1CCN(C(=O)SCc2ccc(OCc3ccccc3)cc2)CC1. The molecule has 2 aromatic rings. The zero-order chi connectivity index (χ0) is 22.3. The quantitative estimate of drug-likeness (QED) is 0.639. The van der Waals surface area contributed by atoms with Crippen molar-refractivity contribution in [1.29, 1.82) is 0 Å². The third-order valence-corrected chi connectivity index (χ3v) is 5.71. The number of amides is 2. The molecule has 166 valence electrons. The maximum atomic E-state index is 12.5. The van der Waals surface area contributed by atoms with Gasteiger partial charge in [-0.2, -0.15) is 0 Å². The number of thioether (sulfide) groups is 1. The molecule has 0 aromatic heterocycles. The molecule has 31 heavy (non-hydrogen) atoms. The van der Waals surface area contributed by atoms with E-state index in [4.69, 9.17) is 9.47 Å². The second-order valence-electron chi connectivity index (χ2n) is 8.43. The van der Waals surface area contributed by atoms with Crippen molar-refractivity contribution in [2.45, 2.75) is 38.7 Å². The van der Waals surface area contributed by atoms with Crippen LogP contribution >= 0.6 is 11.8 Å². The van der Waals surface area contributed by atoms with Crippen molar-refractivity contribution >= 4 is 23.1 Å². The van der Waals surface area contributed by atoms with E-state index in [-0.39, 0.29) is 11.3 Å². The first-order chi connectivity index (χ1) is 14.8. The number of carbonyl (C=O) groups is 2. The predicted octanol–water partition coefficient (Wildman–Crippen LogP) is 5.17. The first-order valence-electron chi connectivity index (χ1n) is 10.5. The summed E-state index contributed by atoms with van der Waals surface area (Å²) in [6, 6.07) is 17.9. The van der Waals surface area contributed by atoms with Gasteiger partial charge in [-0.05, 0) is 44.0 Å². The van der Waals surface area contributed by atoms with Crippen LogP contribution in [0.1, 0.15) is 31.9 Å². The molecular weight excluding hydrogens is 412 g/mol. The lowest BCUT2D eigenvalue weighted by Gasteiger charge is -2.35. The van der Waals surface area contributed by atoms with Gasteiger partial charge in [-0.1, -0.05) is 54.2 Å². The summed E-state index contributed by atoms with van der Waals surface area (Å²) in [7, 11) is 0. The summed E-state index contributed by atoms with van der Waals surface area (Å²) < 4.78 is 11.2. The first kappa shape index (κ1) is 23.0. The number of carbonyl (C=O) groups excluding carboxylic acids is 2. The Hall–Kier alpha value is -2.67. The summed E-state index contributed by atoms with van der Waals surface area (Å²) in [6.07, 6.45) is -0.318. The van der Waals surface area contributed by atoms with Gasteiger partial charge in [0, 0.05) is 31.9 Å². The van der Waals surface area contributed by atoms with Gasteiger partial charge in [-0.15, -0.1) is 0 Å². The fourth-order valence-electron chi connectivity index (χ4n) is 3.06. The molecule has 0 unspecified atom stereocenters. The van der Waals surface area contributed by atoms with Gasteiger partial charge in [0.1, 0.15) is 18.0 Å². The van der Waals surface area contributed by atoms with Crippen LogP contribution in [0.4, 0.5) is 9.59 Å². The van der Waals surface area contributed by atoms with Gasteiger partial charge in [0.25, 0.3) is 5.24 Å². The second-order valence-corrected chi connectivity index (χ2v) is 9.35. The van der Waals surface area contributed by atoms with E-state index in [1.165, 1.54) is 11.8 Å². The van der Waals surface area contributed by atoms with Crippen LogP contribution in [0.25, 0.3) is 0 Å². The third-order valence-electron chi connectivity index (χ3n) is 4.72. The zero-order valence-electron chi connectivity index (χ0n) is 18.4. The molecule has 2 aromatic carbocycles. The van der Waals surface area contributed by atoms with Gasteiger partial charge in [0.15, 0.2) is 0 Å². The molecule has 0 N–H and O–H groups in total. The maximum Gasteiger partial charge on any atom is 0.410 e. The van der Waals surface area contributed by atoms with Crippen LogP contribution in [0.2, 0.25) is 0 Å². The molecule has 0 radical (unpaired) electrons. The summed E-state index contributed by atoms with van der Waals surface area (Å²) in [5.74, 6) is 1.41. The normalized spacial score (nSPS) is 14.3. The van der Waals surface area contributed by atoms with Gasteiger partial charge < -0.3 is 19.3 Å². The van der Waals surface area contributed by atoms with Crippen LogP contribution in [-0.2, 0) is 17.1 Å². The highest BCUT2D eigenvalue weighted by Crippen LogP contribution is 2.21. The molecule has 1 heterocycles. The number of benzene rings is 2. The third kappa shape index (κ3) is 7.51. The summed E-state index contributed by atoms with van der Waals surface area (Å²) in [6.45, 7) is 8.12. The highest BCUT2D eigenvalue weighted by molar-refractivity contribution is 8.12. The highest BCUT2D eigenvalue weighted by Gasteiger charge is 2.27. The van der Waals surface area contributed by atoms with E-state index < -0.39 is 5.60 Å². The van der Waals surface area contributed by atoms with E-state index in [2.05, 4.69) is 0 Å². The monoisotopic (exact) mass is 442 g/mol. The van der Waals surface area contributed by atoms with Crippen LogP contribution in [0.15, 0.2) is 54.6 Å². The summed E-state index contributed by atoms with van der Waals surface area (Å²) in [4.78, 5) is 28.1. The van der Waals surface area contributed by atoms with E-state index in [1.54, 1.807) is 9.80 Å². The fraction of sp³-hybridized carbons (Fsp3) is 0.417. The minimum atomic E-state index is -0.512. The van der Waals surface area contributed by atoms with Crippen LogP contribution < -0.4 is 4.74 Å². The minimum absolute atomic E-state index is 0.0354. The Labute approximate surface area is 188 Å². The van der Waals surface area contributed by atoms with Gasteiger partial charge in [0.05, 0.1) is 0 Å². The minimum Gasteiger partial charge on any atom is -0.489 e. The molecule has 0 bridgehead atoms. The number of piperazine rings is 1. The second kappa shape index (κ2) is 10.6. The Kier molecular flexibility index (Phi) is 7.85. The van der Waals surface area contributed by atoms with Crippen molar-refractivity contribution < 1.29 is 19.1 Å². The van der Waals surface area contributed by atoms with Crippen LogP contribution in [0.5, 0.6) is 5.75 Å². The van der Waals surface area contributed by atoms with Crippen molar-refractivity contribution in [3.63, 3.8) is 0 Å². The van der Waals surface area contributed by atoms with Crippen molar-refractivity contribution in [3.8, 4) is 5.75 Å². The maximum absolute atomic E-state index is 12.5. The number of nitrogens with zero attached hydrogens (tertiary/aromatic N) is 2. The standard InChI is InChI=1S/C24H30N2O4S/c1-24(2,3)30-22(27)25-13-15-26(16-14-25)23(28)31-18-20-9-11-21(12-10-20)29-17-19-7-5-4-6-8-19/h4-12H,13-18H2,1-3H3. The predicted molar refractivity (Wildman–Crippen MR) is 123 cm³/mol. The van der Waals surface area contributed by atoms with Crippen LogP contribution in [0, 0.1) is 0 Å².